The van der Waals surface area contributed by atoms with Gasteiger partial charge in [0, 0.05) is 12.6 Å². The summed E-state index contributed by atoms with van der Waals surface area (Å²) in [6.45, 7) is 7.09. The molecule has 28 heavy (non-hydrogen) atoms. The maximum absolute atomic E-state index is 10.0. The van der Waals surface area contributed by atoms with E-state index in [2.05, 4.69) is 67.3 Å². The summed E-state index contributed by atoms with van der Waals surface area (Å²) in [5, 5.41) is 12.8. The van der Waals surface area contributed by atoms with Crippen LogP contribution >= 0.6 is 0 Å². The first-order valence-corrected chi connectivity index (χ1v) is 10.6. The van der Waals surface area contributed by atoms with Gasteiger partial charge < -0.3 is 5.11 Å². The average Bonchev–Trinajstić information content (AvgIpc) is 2.71. The lowest BCUT2D eigenvalue weighted by Gasteiger charge is -2.54. The fourth-order valence-electron chi connectivity index (χ4n) is 5.75. The van der Waals surface area contributed by atoms with Crippen LogP contribution in [0.5, 0.6) is 5.75 Å². The van der Waals surface area contributed by atoms with Gasteiger partial charge in [-0.1, -0.05) is 62.4 Å². The van der Waals surface area contributed by atoms with E-state index in [-0.39, 0.29) is 5.41 Å². The number of phenols is 1. The molecule has 1 aliphatic heterocycles. The standard InChI is InChI=1S/C26H29NO/c1-18-25-16-21-10-11-22(28)17-24(21)26(18,2)13-15-27(25)14-12-20-8-5-7-19-6-3-4-9-23(19)20/h3-11,17-18,25,28H,12-16H2,1-2H3. The topological polar surface area (TPSA) is 23.5 Å². The van der Waals surface area contributed by atoms with Gasteiger partial charge >= 0.3 is 0 Å². The highest BCUT2D eigenvalue weighted by Crippen LogP contribution is 2.49. The van der Waals surface area contributed by atoms with E-state index in [0.29, 0.717) is 17.7 Å². The Morgan fingerprint density at radius 2 is 1.89 bits per heavy atom. The number of hydrogen-bond donors (Lipinski definition) is 1. The zero-order valence-electron chi connectivity index (χ0n) is 16.9. The maximum atomic E-state index is 10.0. The lowest BCUT2D eigenvalue weighted by Crippen LogP contribution is -2.58. The van der Waals surface area contributed by atoms with Crippen LogP contribution < -0.4 is 0 Å². The Hall–Kier alpha value is -2.32. The van der Waals surface area contributed by atoms with E-state index in [0.717, 1.165) is 32.4 Å². The van der Waals surface area contributed by atoms with Gasteiger partial charge in [0.2, 0.25) is 0 Å². The van der Waals surface area contributed by atoms with Crippen LogP contribution in [-0.4, -0.2) is 29.1 Å². The van der Waals surface area contributed by atoms with Crippen LogP contribution in [0.1, 0.15) is 37.0 Å². The Bertz CT molecular complexity index is 1020. The number of likely N-dealkylation sites (tertiary alicyclic amines) is 1. The van der Waals surface area contributed by atoms with E-state index in [4.69, 9.17) is 0 Å². The Morgan fingerprint density at radius 3 is 2.79 bits per heavy atom. The van der Waals surface area contributed by atoms with Gasteiger partial charge in [-0.15, -0.1) is 0 Å². The van der Waals surface area contributed by atoms with Crippen LogP contribution in [0.25, 0.3) is 10.8 Å². The lowest BCUT2D eigenvalue weighted by atomic mass is 9.59. The summed E-state index contributed by atoms with van der Waals surface area (Å²) < 4.78 is 0. The maximum Gasteiger partial charge on any atom is 0.115 e. The van der Waals surface area contributed by atoms with E-state index < -0.39 is 0 Å². The number of phenolic OH excluding ortho intramolecular Hbond substituents is 1. The minimum atomic E-state index is 0.174. The third kappa shape index (κ3) is 2.74. The van der Waals surface area contributed by atoms with Gasteiger partial charge in [0.1, 0.15) is 5.75 Å². The number of nitrogens with zero attached hydrogens (tertiary/aromatic N) is 1. The van der Waals surface area contributed by atoms with Gasteiger partial charge in [0.05, 0.1) is 0 Å². The highest BCUT2D eigenvalue weighted by atomic mass is 16.3. The molecule has 3 aromatic carbocycles. The number of fused-ring (bicyclic) bond motifs is 5. The van der Waals surface area contributed by atoms with Crippen LogP contribution in [0.4, 0.5) is 0 Å². The largest absolute Gasteiger partial charge is 0.508 e. The molecule has 2 heteroatoms. The normalized spacial score (nSPS) is 26.9. The van der Waals surface area contributed by atoms with Gasteiger partial charge in [-0.05, 0) is 76.7 Å². The van der Waals surface area contributed by atoms with Crippen molar-refractivity contribution in [3.05, 3.63) is 77.4 Å². The molecule has 1 N–H and O–H groups in total. The minimum absolute atomic E-state index is 0.174. The van der Waals surface area contributed by atoms with Crippen molar-refractivity contribution >= 4 is 10.8 Å². The summed E-state index contributed by atoms with van der Waals surface area (Å²) in [5.74, 6) is 1.01. The molecule has 3 atom stereocenters. The molecule has 2 aliphatic rings. The quantitative estimate of drug-likeness (QED) is 0.674. The molecule has 3 aromatic rings. The van der Waals surface area contributed by atoms with Gasteiger partial charge in [-0.2, -0.15) is 0 Å². The first-order valence-electron chi connectivity index (χ1n) is 10.6. The van der Waals surface area contributed by atoms with Crippen LogP contribution in [0.2, 0.25) is 0 Å². The zero-order valence-corrected chi connectivity index (χ0v) is 16.9. The molecule has 0 aromatic heterocycles. The van der Waals surface area contributed by atoms with Crippen LogP contribution in [0, 0.1) is 5.92 Å². The third-order valence-electron chi connectivity index (χ3n) is 7.66. The van der Waals surface area contributed by atoms with E-state index in [1.165, 1.54) is 27.5 Å². The Labute approximate surface area is 167 Å². The zero-order chi connectivity index (χ0) is 19.3. The van der Waals surface area contributed by atoms with Crippen molar-refractivity contribution in [2.45, 2.75) is 44.6 Å². The molecule has 1 saturated heterocycles. The second-order valence-corrected chi connectivity index (χ2v) is 8.99. The average molecular weight is 372 g/mol. The molecular weight excluding hydrogens is 342 g/mol. The minimum Gasteiger partial charge on any atom is -0.508 e. The number of hydrogen-bond acceptors (Lipinski definition) is 2. The summed E-state index contributed by atoms with van der Waals surface area (Å²) in [4.78, 5) is 2.73. The van der Waals surface area contributed by atoms with E-state index in [9.17, 15) is 5.11 Å². The molecule has 0 amide bonds. The molecule has 1 heterocycles. The van der Waals surface area contributed by atoms with Gasteiger partial charge in [0.15, 0.2) is 0 Å². The van der Waals surface area contributed by atoms with Crippen molar-refractivity contribution in [3.63, 3.8) is 0 Å². The van der Waals surface area contributed by atoms with Crippen molar-refractivity contribution < 1.29 is 5.11 Å². The molecule has 5 rings (SSSR count). The molecular formula is C26H29NO. The lowest BCUT2D eigenvalue weighted by molar-refractivity contribution is 0.0323. The van der Waals surface area contributed by atoms with Crippen LogP contribution in [-0.2, 0) is 18.3 Å². The van der Waals surface area contributed by atoms with E-state index in [1.807, 2.05) is 12.1 Å². The number of aromatic hydroxyl groups is 1. The molecule has 0 radical (unpaired) electrons. The monoisotopic (exact) mass is 371 g/mol. The molecule has 2 bridgehead atoms. The van der Waals surface area contributed by atoms with Crippen LogP contribution in [0.15, 0.2) is 60.7 Å². The molecule has 144 valence electrons. The number of rotatable bonds is 3. The Morgan fingerprint density at radius 1 is 1.07 bits per heavy atom. The van der Waals surface area contributed by atoms with Crippen molar-refractivity contribution in [1.29, 1.82) is 0 Å². The highest BCUT2D eigenvalue weighted by Gasteiger charge is 2.48. The number of piperidine rings is 1. The first kappa shape index (κ1) is 17.8. The van der Waals surface area contributed by atoms with Crippen LogP contribution in [0.3, 0.4) is 0 Å². The second kappa shape index (κ2) is 6.63. The Kier molecular flexibility index (Phi) is 4.21. The summed E-state index contributed by atoms with van der Waals surface area (Å²) in [6, 6.07) is 22.0. The molecule has 0 saturated carbocycles. The van der Waals surface area contributed by atoms with Crippen molar-refractivity contribution in [1.82, 2.24) is 4.90 Å². The Balaban J connectivity index is 1.40. The van der Waals surface area contributed by atoms with Crippen molar-refractivity contribution in [2.24, 2.45) is 5.92 Å². The van der Waals surface area contributed by atoms with Gasteiger partial charge in [-0.25, -0.2) is 0 Å². The fraction of sp³-hybridized carbons (Fsp3) is 0.385. The predicted molar refractivity (Wildman–Crippen MR) is 116 cm³/mol. The molecule has 2 nitrogen and oxygen atoms in total. The smallest absolute Gasteiger partial charge is 0.115 e. The van der Waals surface area contributed by atoms with Crippen molar-refractivity contribution in [3.8, 4) is 5.75 Å². The summed E-state index contributed by atoms with van der Waals surface area (Å²) in [5.41, 5.74) is 4.44. The van der Waals surface area contributed by atoms with E-state index >= 15 is 0 Å². The third-order valence-corrected chi connectivity index (χ3v) is 7.66. The highest BCUT2D eigenvalue weighted by molar-refractivity contribution is 5.85. The summed E-state index contributed by atoms with van der Waals surface area (Å²) in [7, 11) is 0. The summed E-state index contributed by atoms with van der Waals surface area (Å²) in [6.07, 6.45) is 3.36. The van der Waals surface area contributed by atoms with Crippen molar-refractivity contribution in [2.75, 3.05) is 13.1 Å². The first-order chi connectivity index (χ1) is 13.6. The molecule has 0 spiro atoms. The number of benzene rings is 3. The fourth-order valence-corrected chi connectivity index (χ4v) is 5.75. The molecule has 1 fully saturated rings. The summed E-state index contributed by atoms with van der Waals surface area (Å²) >= 11 is 0. The van der Waals surface area contributed by atoms with Gasteiger partial charge in [-0.3, -0.25) is 4.90 Å². The predicted octanol–water partition coefficient (Wildman–Crippen LogP) is 5.31. The molecule has 1 aliphatic carbocycles. The second-order valence-electron chi connectivity index (χ2n) is 8.99. The van der Waals surface area contributed by atoms with Gasteiger partial charge in [0.25, 0.3) is 0 Å². The van der Waals surface area contributed by atoms with E-state index in [1.54, 1.807) is 0 Å². The molecule has 3 unspecified atom stereocenters. The SMILES string of the molecule is CC1C2Cc3ccc(O)cc3C1(C)CCN2CCc1cccc2ccccc12.